The number of hydrogen-bond donors (Lipinski definition) is 1. The van der Waals surface area contributed by atoms with E-state index in [2.05, 4.69) is 10.3 Å². The number of carbonyl (C=O) groups is 1. The van der Waals surface area contributed by atoms with Crippen LogP contribution in [0.1, 0.15) is 27.5 Å². The van der Waals surface area contributed by atoms with E-state index in [0.29, 0.717) is 10.6 Å². The standard InChI is InChI=1S/C17H13ClN2OS/c18-15-3-1-12(2-4-15)16(14-7-10-22-11-14)20-17(21)13-5-8-19-9-6-13/h1-11,16H,(H,20,21)/t16-/m0/s1. The van der Waals surface area contributed by atoms with E-state index in [-0.39, 0.29) is 11.9 Å². The molecule has 2 aromatic heterocycles. The van der Waals surface area contributed by atoms with Crippen LogP contribution in [-0.2, 0) is 0 Å². The fourth-order valence-electron chi connectivity index (χ4n) is 2.17. The average Bonchev–Trinajstić information content (AvgIpc) is 3.08. The van der Waals surface area contributed by atoms with Gasteiger partial charge in [-0.05, 0) is 52.2 Å². The van der Waals surface area contributed by atoms with Crippen LogP contribution in [0.2, 0.25) is 5.02 Å². The monoisotopic (exact) mass is 328 g/mol. The number of aromatic nitrogens is 1. The van der Waals surface area contributed by atoms with Gasteiger partial charge in [0, 0.05) is 23.0 Å². The first-order valence-corrected chi connectivity index (χ1v) is 8.04. The van der Waals surface area contributed by atoms with Crippen molar-refractivity contribution < 1.29 is 4.79 Å². The van der Waals surface area contributed by atoms with E-state index in [0.717, 1.165) is 11.1 Å². The Morgan fingerprint density at radius 2 is 1.77 bits per heavy atom. The number of halogens is 1. The molecule has 1 N–H and O–H groups in total. The number of nitrogens with zero attached hydrogens (tertiary/aromatic N) is 1. The Labute approximate surface area is 137 Å². The fourth-order valence-corrected chi connectivity index (χ4v) is 2.98. The van der Waals surface area contributed by atoms with Gasteiger partial charge in [0.1, 0.15) is 0 Å². The number of amides is 1. The lowest BCUT2D eigenvalue weighted by Gasteiger charge is -2.18. The number of nitrogens with one attached hydrogen (secondary N) is 1. The normalized spacial score (nSPS) is 11.9. The van der Waals surface area contributed by atoms with E-state index < -0.39 is 0 Å². The summed E-state index contributed by atoms with van der Waals surface area (Å²) in [6, 6.07) is 12.7. The molecule has 3 rings (SSSR count). The molecule has 0 saturated carbocycles. The number of rotatable bonds is 4. The molecule has 0 spiro atoms. The molecule has 1 atom stereocenters. The summed E-state index contributed by atoms with van der Waals surface area (Å²) in [6.07, 6.45) is 3.22. The number of hydrogen-bond acceptors (Lipinski definition) is 3. The van der Waals surface area contributed by atoms with Gasteiger partial charge >= 0.3 is 0 Å². The second kappa shape index (κ2) is 6.73. The molecule has 1 amide bonds. The van der Waals surface area contributed by atoms with Gasteiger partial charge in [0.2, 0.25) is 0 Å². The molecule has 0 bridgehead atoms. The molecule has 0 aliphatic carbocycles. The maximum Gasteiger partial charge on any atom is 0.252 e. The van der Waals surface area contributed by atoms with Gasteiger partial charge in [-0.3, -0.25) is 9.78 Å². The van der Waals surface area contributed by atoms with E-state index in [1.54, 1.807) is 35.9 Å². The van der Waals surface area contributed by atoms with Gasteiger partial charge in [-0.1, -0.05) is 23.7 Å². The third-order valence-corrected chi connectivity index (χ3v) is 4.25. The molecule has 110 valence electrons. The second-order valence-corrected chi connectivity index (χ2v) is 5.97. The van der Waals surface area contributed by atoms with Crippen molar-refractivity contribution in [1.82, 2.24) is 10.3 Å². The van der Waals surface area contributed by atoms with Crippen LogP contribution >= 0.6 is 22.9 Å². The fraction of sp³-hybridized carbons (Fsp3) is 0.0588. The van der Waals surface area contributed by atoms with Gasteiger partial charge < -0.3 is 5.32 Å². The molecule has 2 heterocycles. The highest BCUT2D eigenvalue weighted by molar-refractivity contribution is 7.08. The Balaban J connectivity index is 1.90. The molecular weight excluding hydrogens is 316 g/mol. The molecule has 5 heteroatoms. The molecule has 0 fully saturated rings. The molecule has 3 nitrogen and oxygen atoms in total. The van der Waals surface area contributed by atoms with E-state index in [4.69, 9.17) is 11.6 Å². The number of thiophene rings is 1. The van der Waals surface area contributed by atoms with Crippen molar-refractivity contribution >= 4 is 28.8 Å². The maximum absolute atomic E-state index is 12.4. The van der Waals surface area contributed by atoms with Gasteiger partial charge in [-0.15, -0.1) is 0 Å². The number of carbonyl (C=O) groups excluding carboxylic acids is 1. The zero-order chi connectivity index (χ0) is 15.4. The average molecular weight is 329 g/mol. The Morgan fingerprint density at radius 1 is 1.05 bits per heavy atom. The Kier molecular flexibility index (Phi) is 4.51. The van der Waals surface area contributed by atoms with E-state index in [1.807, 2.05) is 41.1 Å². The summed E-state index contributed by atoms with van der Waals surface area (Å²) in [5.74, 6) is -0.131. The lowest BCUT2D eigenvalue weighted by molar-refractivity contribution is 0.0943. The van der Waals surface area contributed by atoms with Gasteiger partial charge in [0.25, 0.3) is 5.91 Å². The molecule has 0 unspecified atom stereocenters. The van der Waals surface area contributed by atoms with E-state index >= 15 is 0 Å². The summed E-state index contributed by atoms with van der Waals surface area (Å²) < 4.78 is 0. The summed E-state index contributed by atoms with van der Waals surface area (Å²) in [7, 11) is 0. The number of benzene rings is 1. The molecule has 0 aliphatic rings. The van der Waals surface area contributed by atoms with Crippen molar-refractivity contribution in [2.75, 3.05) is 0 Å². The Morgan fingerprint density at radius 3 is 2.41 bits per heavy atom. The molecule has 3 aromatic rings. The predicted octanol–water partition coefficient (Wildman–Crippen LogP) is 4.32. The summed E-state index contributed by atoms with van der Waals surface area (Å²) >= 11 is 7.55. The predicted molar refractivity (Wildman–Crippen MR) is 89.3 cm³/mol. The zero-order valence-electron chi connectivity index (χ0n) is 11.6. The third kappa shape index (κ3) is 3.35. The molecule has 0 saturated heterocycles. The van der Waals surface area contributed by atoms with Crippen molar-refractivity contribution in [3.05, 3.63) is 87.3 Å². The minimum absolute atomic E-state index is 0.131. The lowest BCUT2D eigenvalue weighted by Crippen LogP contribution is -2.29. The van der Waals surface area contributed by atoms with Gasteiger partial charge in [-0.25, -0.2) is 0 Å². The molecule has 0 aliphatic heterocycles. The first kappa shape index (κ1) is 14.8. The third-order valence-electron chi connectivity index (χ3n) is 3.30. The van der Waals surface area contributed by atoms with Gasteiger partial charge in [0.15, 0.2) is 0 Å². The summed E-state index contributed by atoms with van der Waals surface area (Å²) in [6.45, 7) is 0. The first-order valence-electron chi connectivity index (χ1n) is 6.72. The number of pyridine rings is 1. The highest BCUT2D eigenvalue weighted by Gasteiger charge is 2.18. The molecule has 22 heavy (non-hydrogen) atoms. The van der Waals surface area contributed by atoms with Crippen molar-refractivity contribution in [3.8, 4) is 0 Å². The maximum atomic E-state index is 12.4. The minimum Gasteiger partial charge on any atom is -0.341 e. The van der Waals surface area contributed by atoms with Crippen LogP contribution in [0.3, 0.4) is 0 Å². The summed E-state index contributed by atoms with van der Waals surface area (Å²) in [5, 5.41) is 7.77. The van der Waals surface area contributed by atoms with Crippen LogP contribution in [0.4, 0.5) is 0 Å². The van der Waals surface area contributed by atoms with Crippen molar-refractivity contribution in [2.45, 2.75) is 6.04 Å². The van der Waals surface area contributed by atoms with Crippen LogP contribution in [0.15, 0.2) is 65.6 Å². The van der Waals surface area contributed by atoms with Crippen LogP contribution in [0.25, 0.3) is 0 Å². The van der Waals surface area contributed by atoms with Gasteiger partial charge in [0.05, 0.1) is 6.04 Å². The van der Waals surface area contributed by atoms with Crippen LogP contribution in [0, 0.1) is 0 Å². The smallest absolute Gasteiger partial charge is 0.252 e. The highest BCUT2D eigenvalue weighted by Crippen LogP contribution is 2.25. The topological polar surface area (TPSA) is 42.0 Å². The quantitative estimate of drug-likeness (QED) is 0.775. The molecule has 1 aromatic carbocycles. The van der Waals surface area contributed by atoms with Crippen LogP contribution < -0.4 is 5.32 Å². The molecular formula is C17H13ClN2OS. The van der Waals surface area contributed by atoms with Crippen LogP contribution in [0.5, 0.6) is 0 Å². The van der Waals surface area contributed by atoms with Crippen molar-refractivity contribution in [2.24, 2.45) is 0 Å². The second-order valence-electron chi connectivity index (χ2n) is 4.75. The van der Waals surface area contributed by atoms with Crippen LogP contribution in [-0.4, -0.2) is 10.9 Å². The molecule has 0 radical (unpaired) electrons. The highest BCUT2D eigenvalue weighted by atomic mass is 35.5. The van der Waals surface area contributed by atoms with Crippen molar-refractivity contribution in [1.29, 1.82) is 0 Å². The Bertz CT molecular complexity index is 742. The summed E-state index contributed by atoms with van der Waals surface area (Å²) in [5.41, 5.74) is 2.63. The first-order chi connectivity index (χ1) is 10.7. The Hall–Kier alpha value is -2.17. The SMILES string of the molecule is O=C(N[C@@H](c1ccc(Cl)cc1)c1ccsc1)c1ccncc1. The summed E-state index contributed by atoms with van der Waals surface area (Å²) in [4.78, 5) is 16.4. The van der Waals surface area contributed by atoms with E-state index in [1.165, 1.54) is 0 Å². The van der Waals surface area contributed by atoms with E-state index in [9.17, 15) is 4.79 Å². The minimum atomic E-state index is -0.204. The van der Waals surface area contributed by atoms with Crippen molar-refractivity contribution in [3.63, 3.8) is 0 Å². The lowest BCUT2D eigenvalue weighted by atomic mass is 10.0. The largest absolute Gasteiger partial charge is 0.341 e. The van der Waals surface area contributed by atoms with Gasteiger partial charge in [-0.2, -0.15) is 11.3 Å². The zero-order valence-corrected chi connectivity index (χ0v) is 13.1.